The lowest BCUT2D eigenvalue weighted by Crippen LogP contribution is -2.11. The van der Waals surface area contributed by atoms with Crippen molar-refractivity contribution >= 4 is 11.6 Å². The van der Waals surface area contributed by atoms with Crippen molar-refractivity contribution in [3.05, 3.63) is 88.4 Å². The monoisotopic (exact) mass is 447 g/mol. The lowest BCUT2D eigenvalue weighted by Gasteiger charge is -2.06. The molecule has 3 heterocycles. The predicted octanol–water partition coefficient (Wildman–Crippen LogP) is 4.19. The predicted molar refractivity (Wildman–Crippen MR) is 105 cm³/mol. The van der Waals surface area contributed by atoms with Gasteiger partial charge in [0.2, 0.25) is 0 Å². The molecular weight excluding hydrogens is 430 g/mol. The van der Waals surface area contributed by atoms with E-state index in [4.69, 9.17) is 4.42 Å². The maximum atomic E-state index is 13.8. The van der Waals surface area contributed by atoms with Crippen molar-refractivity contribution in [2.75, 3.05) is 5.32 Å². The number of nitrogens with zero attached hydrogens (tertiary/aromatic N) is 4. The summed E-state index contributed by atoms with van der Waals surface area (Å²) < 4.78 is 62.5. The first-order valence-corrected chi connectivity index (χ1v) is 9.46. The lowest BCUT2D eigenvalue weighted by molar-refractivity contribution is 0.0994. The number of halogens is 4. The van der Waals surface area contributed by atoms with Crippen LogP contribution in [0.3, 0.4) is 0 Å². The van der Waals surface area contributed by atoms with E-state index >= 15 is 0 Å². The third kappa shape index (κ3) is 4.27. The molecule has 0 aliphatic rings. The van der Waals surface area contributed by atoms with Gasteiger partial charge in [0.05, 0.1) is 30.7 Å². The first kappa shape index (κ1) is 21.3. The van der Waals surface area contributed by atoms with E-state index in [-0.39, 0.29) is 17.5 Å². The van der Waals surface area contributed by atoms with Crippen LogP contribution in [0.4, 0.5) is 23.2 Å². The minimum absolute atomic E-state index is 0.0481. The summed E-state index contributed by atoms with van der Waals surface area (Å²) in [6, 6.07) is 5.35. The fourth-order valence-electron chi connectivity index (χ4n) is 3.19. The molecule has 3 aromatic heterocycles. The molecule has 0 radical (unpaired) electrons. The summed E-state index contributed by atoms with van der Waals surface area (Å²) in [6.07, 6.45) is 2.53. The zero-order valence-corrected chi connectivity index (χ0v) is 17.0. The first-order valence-electron chi connectivity index (χ1n) is 9.46. The average molecular weight is 447 g/mol. The highest BCUT2D eigenvalue weighted by molar-refractivity contribution is 6.02. The molecular formula is C21H17F4N5O2. The van der Waals surface area contributed by atoms with Crippen molar-refractivity contribution in [2.24, 2.45) is 0 Å². The highest BCUT2D eigenvalue weighted by Gasteiger charge is 2.20. The number of carbonyl (C=O) groups is 1. The second kappa shape index (κ2) is 8.33. The summed E-state index contributed by atoms with van der Waals surface area (Å²) in [6.45, 7) is 3.64. The Morgan fingerprint density at radius 2 is 1.84 bits per heavy atom. The van der Waals surface area contributed by atoms with Gasteiger partial charge in [-0.05, 0) is 32.0 Å². The van der Waals surface area contributed by atoms with E-state index in [1.807, 2.05) is 19.9 Å². The quantitative estimate of drug-likeness (QED) is 0.273. The summed E-state index contributed by atoms with van der Waals surface area (Å²) in [4.78, 5) is 12.4. The van der Waals surface area contributed by atoms with Gasteiger partial charge >= 0.3 is 0 Å². The molecule has 0 unspecified atom stereocenters. The maximum absolute atomic E-state index is 13.8. The number of anilines is 1. The van der Waals surface area contributed by atoms with Crippen LogP contribution in [0.5, 0.6) is 0 Å². The van der Waals surface area contributed by atoms with E-state index in [2.05, 4.69) is 15.5 Å². The Morgan fingerprint density at radius 1 is 1.06 bits per heavy atom. The summed E-state index contributed by atoms with van der Waals surface area (Å²) in [5.41, 5.74) is 1.35. The molecule has 0 spiro atoms. The third-order valence-corrected chi connectivity index (χ3v) is 4.71. The molecule has 0 fully saturated rings. The van der Waals surface area contributed by atoms with E-state index in [1.165, 1.54) is 18.5 Å². The highest BCUT2D eigenvalue weighted by Crippen LogP contribution is 2.21. The molecule has 4 aromatic rings. The van der Waals surface area contributed by atoms with Crippen molar-refractivity contribution < 1.29 is 26.8 Å². The Kier molecular flexibility index (Phi) is 5.56. The number of hydrogen-bond acceptors (Lipinski definition) is 4. The van der Waals surface area contributed by atoms with Crippen LogP contribution in [0.25, 0.3) is 0 Å². The van der Waals surface area contributed by atoms with Gasteiger partial charge in [0.25, 0.3) is 5.91 Å². The second-order valence-corrected chi connectivity index (χ2v) is 7.18. The van der Waals surface area contributed by atoms with Crippen LogP contribution in [0.15, 0.2) is 41.1 Å². The summed E-state index contributed by atoms with van der Waals surface area (Å²) >= 11 is 0. The minimum Gasteiger partial charge on any atom is -0.454 e. The van der Waals surface area contributed by atoms with Crippen LogP contribution in [0, 0.1) is 37.1 Å². The Bertz CT molecular complexity index is 1310. The number of amides is 1. The highest BCUT2D eigenvalue weighted by atomic mass is 19.2. The van der Waals surface area contributed by atoms with E-state index in [9.17, 15) is 22.4 Å². The molecule has 0 saturated carbocycles. The molecule has 7 nitrogen and oxygen atoms in total. The Balaban J connectivity index is 1.43. The number of nitrogens with one attached hydrogen (secondary N) is 1. The number of hydrogen-bond donors (Lipinski definition) is 1. The summed E-state index contributed by atoms with van der Waals surface area (Å²) in [5, 5.41) is 10.8. The van der Waals surface area contributed by atoms with Crippen LogP contribution in [-0.2, 0) is 13.1 Å². The molecule has 1 N–H and O–H groups in total. The number of benzene rings is 1. The summed E-state index contributed by atoms with van der Waals surface area (Å²) in [7, 11) is 0. The lowest BCUT2D eigenvalue weighted by atomic mass is 10.2. The van der Waals surface area contributed by atoms with Gasteiger partial charge in [0.1, 0.15) is 11.6 Å². The number of carbonyl (C=O) groups excluding carboxylic acids is 1. The molecule has 0 atom stereocenters. The largest absolute Gasteiger partial charge is 0.454 e. The van der Waals surface area contributed by atoms with Gasteiger partial charge in [-0.1, -0.05) is 0 Å². The molecule has 1 amide bonds. The number of furan rings is 1. The summed E-state index contributed by atoms with van der Waals surface area (Å²) in [5.74, 6) is -6.24. The molecule has 32 heavy (non-hydrogen) atoms. The molecule has 0 bridgehead atoms. The van der Waals surface area contributed by atoms with Gasteiger partial charge < -0.3 is 9.73 Å². The van der Waals surface area contributed by atoms with E-state index in [1.54, 1.807) is 10.7 Å². The van der Waals surface area contributed by atoms with Crippen LogP contribution in [0.1, 0.15) is 33.3 Å². The van der Waals surface area contributed by atoms with Gasteiger partial charge in [0, 0.05) is 23.5 Å². The Hall–Kier alpha value is -3.89. The zero-order chi connectivity index (χ0) is 23.0. The van der Waals surface area contributed by atoms with Gasteiger partial charge in [-0.2, -0.15) is 10.2 Å². The normalized spacial score (nSPS) is 11.2. The maximum Gasteiger partial charge on any atom is 0.291 e. The number of aryl methyl sites for hydroxylation is 2. The number of aromatic nitrogens is 4. The molecule has 0 aliphatic heterocycles. The zero-order valence-electron chi connectivity index (χ0n) is 17.0. The van der Waals surface area contributed by atoms with Crippen molar-refractivity contribution in [1.82, 2.24) is 19.6 Å². The molecule has 1 aromatic carbocycles. The smallest absolute Gasteiger partial charge is 0.291 e. The average Bonchev–Trinajstić information content (AvgIpc) is 3.45. The number of rotatable bonds is 6. The van der Waals surface area contributed by atoms with E-state index in [0.29, 0.717) is 12.3 Å². The molecule has 0 saturated heterocycles. The minimum atomic E-state index is -1.77. The van der Waals surface area contributed by atoms with Crippen LogP contribution >= 0.6 is 0 Å². The first-order chi connectivity index (χ1) is 15.2. The van der Waals surface area contributed by atoms with Crippen molar-refractivity contribution in [2.45, 2.75) is 26.9 Å². The fraction of sp³-hybridized carbons (Fsp3) is 0.190. The van der Waals surface area contributed by atoms with Gasteiger partial charge in [-0.15, -0.1) is 0 Å². The molecule has 0 aliphatic carbocycles. The molecule has 11 heteroatoms. The van der Waals surface area contributed by atoms with Gasteiger partial charge in [0.15, 0.2) is 23.2 Å². The van der Waals surface area contributed by atoms with Gasteiger partial charge in [-0.25, -0.2) is 17.6 Å². The SMILES string of the molecule is Cc1cc(C)n(Cc2ccc(C(=O)Nc3cnn(Cc4c(F)cc(F)c(F)c4F)c3)o2)n1. The van der Waals surface area contributed by atoms with Gasteiger partial charge in [-0.3, -0.25) is 14.2 Å². The molecule has 166 valence electrons. The standard InChI is InChI=1S/C21H17F4N5O2/c1-11-5-12(2)30(28-11)9-14-3-4-18(32-14)21(31)27-13-7-26-29(8-13)10-15-16(22)6-17(23)20(25)19(15)24/h3-8H,9-10H2,1-2H3,(H,27,31). The van der Waals surface area contributed by atoms with Crippen LogP contribution < -0.4 is 5.32 Å². The third-order valence-electron chi connectivity index (χ3n) is 4.71. The van der Waals surface area contributed by atoms with Crippen molar-refractivity contribution in [1.29, 1.82) is 0 Å². The second-order valence-electron chi connectivity index (χ2n) is 7.18. The van der Waals surface area contributed by atoms with Crippen molar-refractivity contribution in [3.8, 4) is 0 Å². The van der Waals surface area contributed by atoms with Crippen LogP contribution in [-0.4, -0.2) is 25.5 Å². The Labute approximate surface area is 179 Å². The van der Waals surface area contributed by atoms with E-state index in [0.717, 1.165) is 16.1 Å². The molecule has 4 rings (SSSR count). The Morgan fingerprint density at radius 3 is 2.56 bits per heavy atom. The van der Waals surface area contributed by atoms with Crippen LogP contribution in [0.2, 0.25) is 0 Å². The van der Waals surface area contributed by atoms with Crippen molar-refractivity contribution in [3.63, 3.8) is 0 Å². The fourth-order valence-corrected chi connectivity index (χ4v) is 3.19. The topological polar surface area (TPSA) is 77.9 Å². The van der Waals surface area contributed by atoms with E-state index < -0.39 is 41.3 Å².